The molecule has 0 aliphatic carbocycles. The van der Waals surface area contributed by atoms with E-state index in [1.807, 2.05) is 0 Å². The lowest BCUT2D eigenvalue weighted by molar-refractivity contribution is -0.0967. The molecular formula is C22H26Cl2N5O7P. The molecule has 0 spiro atoms. The number of aliphatic hydroxyl groups is 2. The van der Waals surface area contributed by atoms with E-state index in [1.54, 1.807) is 32.0 Å². The zero-order valence-electron chi connectivity index (χ0n) is 20.1. The van der Waals surface area contributed by atoms with Gasteiger partial charge in [-0.15, -0.1) is 0 Å². The lowest BCUT2D eigenvalue weighted by Crippen LogP contribution is -2.44. The monoisotopic (exact) mass is 573 g/mol. The second kappa shape index (κ2) is 9.41. The van der Waals surface area contributed by atoms with Gasteiger partial charge in [0.15, 0.2) is 17.7 Å². The Morgan fingerprint density at radius 3 is 2.73 bits per heavy atom. The van der Waals surface area contributed by atoms with Crippen LogP contribution in [-0.4, -0.2) is 59.7 Å². The van der Waals surface area contributed by atoms with Gasteiger partial charge in [-0.25, -0.2) is 19.5 Å². The van der Waals surface area contributed by atoms with Gasteiger partial charge >= 0.3 is 7.82 Å². The van der Waals surface area contributed by atoms with Gasteiger partial charge < -0.3 is 20.7 Å². The largest absolute Gasteiger partial charge is 0.476 e. The van der Waals surface area contributed by atoms with Crippen LogP contribution in [0.1, 0.15) is 45.1 Å². The fourth-order valence-electron chi connectivity index (χ4n) is 4.53. The summed E-state index contributed by atoms with van der Waals surface area (Å²) >= 11 is 12.2. The summed E-state index contributed by atoms with van der Waals surface area (Å²) in [4.78, 5) is 12.2. The molecule has 0 amide bonds. The summed E-state index contributed by atoms with van der Waals surface area (Å²) in [5.74, 6) is 0.158. The molecule has 4 N–H and O–H groups in total. The van der Waals surface area contributed by atoms with Gasteiger partial charge in [-0.3, -0.25) is 18.1 Å². The van der Waals surface area contributed by atoms with Crippen molar-refractivity contribution in [3.8, 4) is 0 Å². The zero-order valence-corrected chi connectivity index (χ0v) is 22.5. The average Bonchev–Trinajstić information content (AvgIpc) is 3.33. The molecule has 1 aromatic carbocycles. The number of halogens is 2. The number of phosphoric acid groups is 1. The van der Waals surface area contributed by atoms with E-state index in [2.05, 4.69) is 15.0 Å². The highest BCUT2D eigenvalue weighted by molar-refractivity contribution is 7.48. The van der Waals surface area contributed by atoms with E-state index >= 15 is 0 Å². The number of phosphoric ester groups is 1. The normalized spacial score (nSPS) is 33.7. The molecule has 0 saturated carbocycles. The highest BCUT2D eigenvalue weighted by Crippen LogP contribution is 2.62. The number of imidazole rings is 1. The minimum absolute atomic E-state index is 0.158. The first-order chi connectivity index (χ1) is 17.3. The molecule has 2 fully saturated rings. The van der Waals surface area contributed by atoms with Gasteiger partial charge in [0.1, 0.15) is 29.7 Å². The van der Waals surface area contributed by atoms with Crippen LogP contribution in [-0.2, 0) is 22.9 Å². The van der Waals surface area contributed by atoms with E-state index < -0.39 is 50.2 Å². The molecular weight excluding hydrogens is 548 g/mol. The van der Waals surface area contributed by atoms with E-state index in [4.69, 9.17) is 47.2 Å². The van der Waals surface area contributed by atoms with Gasteiger partial charge in [0, 0.05) is 6.42 Å². The third-order valence-electron chi connectivity index (χ3n) is 6.40. The number of hydrogen-bond donors (Lipinski definition) is 3. The zero-order chi connectivity index (χ0) is 26.8. The Hall–Kier alpha value is -1.86. The lowest BCUT2D eigenvalue weighted by Gasteiger charge is -2.39. The summed E-state index contributed by atoms with van der Waals surface area (Å²) in [6, 6.07) is 4.99. The highest BCUT2D eigenvalue weighted by Gasteiger charge is 2.55. The van der Waals surface area contributed by atoms with Gasteiger partial charge in [-0.1, -0.05) is 29.3 Å². The van der Waals surface area contributed by atoms with Crippen LogP contribution >= 0.6 is 31.0 Å². The number of aliphatic hydroxyl groups excluding tert-OH is 1. The van der Waals surface area contributed by atoms with E-state index in [1.165, 1.54) is 24.1 Å². The number of benzene rings is 1. The number of fused-ring (bicyclic) bond motifs is 1. The fourth-order valence-corrected chi connectivity index (χ4v) is 6.51. The molecule has 2 aliphatic rings. The van der Waals surface area contributed by atoms with Gasteiger partial charge in [-0.05, 0) is 38.5 Å². The van der Waals surface area contributed by atoms with Crippen molar-refractivity contribution in [2.45, 2.75) is 62.9 Å². The van der Waals surface area contributed by atoms with E-state index in [0.29, 0.717) is 33.2 Å². The Morgan fingerprint density at radius 1 is 1.24 bits per heavy atom. The minimum atomic E-state index is -4.13. The van der Waals surface area contributed by atoms with Crippen LogP contribution in [0.15, 0.2) is 30.9 Å². The quantitative estimate of drug-likeness (QED) is 0.380. The SMILES string of the molecule is CC1(C)C[C@@H](c2ccc(Cl)c(Cl)c2)O[P@@](=O)(OC[C@H]2O[C@@H](n3cnc4c(N)ncnc43)[C@](C)(O)[C@@H]2O)O1. The number of nitrogen functional groups attached to an aromatic ring is 1. The standard InChI is InChI=1S/C22H26Cl2N5O7P/c1-21(2)7-14(11-4-5-12(23)13(24)6-11)35-37(32,36-21)33-8-15-17(30)22(3,31)20(34-15)29-10-28-16-18(25)26-9-27-19(16)29/h4-6,9-10,14-15,17,20,30-31H,7-8H2,1-3H3,(H2,25,26,27)/t14-,15+,17+,20+,22+,37+/m0/s1. The maximum Gasteiger partial charge on any atom is 0.476 e. The predicted octanol–water partition coefficient (Wildman–Crippen LogP) is 3.81. The van der Waals surface area contributed by atoms with Crippen LogP contribution in [0.5, 0.6) is 0 Å². The highest BCUT2D eigenvalue weighted by atomic mass is 35.5. The first kappa shape index (κ1) is 26.7. The van der Waals surface area contributed by atoms with Crippen LogP contribution in [0.4, 0.5) is 5.82 Å². The molecule has 5 rings (SSSR count). The van der Waals surface area contributed by atoms with Gasteiger partial charge in [0.25, 0.3) is 0 Å². The molecule has 0 bridgehead atoms. The van der Waals surface area contributed by atoms with E-state index in [-0.39, 0.29) is 5.82 Å². The maximum atomic E-state index is 13.6. The lowest BCUT2D eigenvalue weighted by atomic mass is 9.96. The van der Waals surface area contributed by atoms with E-state index in [0.717, 1.165) is 0 Å². The smallest absolute Gasteiger partial charge is 0.387 e. The summed E-state index contributed by atoms with van der Waals surface area (Å²) in [5, 5.41) is 22.7. The average molecular weight is 574 g/mol. The van der Waals surface area contributed by atoms with Crippen molar-refractivity contribution in [1.82, 2.24) is 19.5 Å². The van der Waals surface area contributed by atoms with Crippen LogP contribution < -0.4 is 5.73 Å². The molecule has 6 atom stereocenters. The number of ether oxygens (including phenoxy) is 1. The first-order valence-corrected chi connectivity index (χ1v) is 13.6. The summed E-state index contributed by atoms with van der Waals surface area (Å²) in [7, 11) is -4.13. The van der Waals surface area contributed by atoms with Crippen molar-refractivity contribution in [3.63, 3.8) is 0 Å². The summed E-state index contributed by atoms with van der Waals surface area (Å²) in [5.41, 5.74) is 4.48. The van der Waals surface area contributed by atoms with Crippen molar-refractivity contribution in [2.24, 2.45) is 0 Å². The van der Waals surface area contributed by atoms with Crippen LogP contribution in [0.2, 0.25) is 10.0 Å². The summed E-state index contributed by atoms with van der Waals surface area (Å²) in [6.07, 6.45) is -1.28. The second-order valence-corrected chi connectivity index (χ2v) is 12.2. The molecule has 2 aromatic heterocycles. The van der Waals surface area contributed by atoms with Gasteiger partial charge in [0.05, 0.1) is 34.7 Å². The molecule has 200 valence electrons. The van der Waals surface area contributed by atoms with Gasteiger partial charge in [-0.2, -0.15) is 0 Å². The first-order valence-electron chi connectivity index (χ1n) is 11.4. The second-order valence-electron chi connectivity index (χ2n) is 9.85. The molecule has 2 aliphatic heterocycles. The number of nitrogens with zero attached hydrogens (tertiary/aromatic N) is 4. The topological polar surface area (TPSA) is 164 Å². The number of nitrogens with two attached hydrogens (primary N) is 1. The third kappa shape index (κ3) is 4.98. The fraction of sp³-hybridized carbons (Fsp3) is 0.500. The molecule has 2 saturated heterocycles. The number of rotatable bonds is 5. The van der Waals surface area contributed by atoms with Crippen molar-refractivity contribution >= 4 is 48.0 Å². The van der Waals surface area contributed by atoms with Crippen LogP contribution in [0.25, 0.3) is 11.2 Å². The van der Waals surface area contributed by atoms with E-state index in [9.17, 15) is 14.8 Å². The Labute approximate surface area is 222 Å². The molecule has 37 heavy (non-hydrogen) atoms. The molecule has 0 unspecified atom stereocenters. The molecule has 4 heterocycles. The van der Waals surface area contributed by atoms with Crippen molar-refractivity contribution in [3.05, 3.63) is 46.5 Å². The number of aromatic nitrogens is 4. The Bertz CT molecular complexity index is 1390. The molecule has 12 nitrogen and oxygen atoms in total. The summed E-state index contributed by atoms with van der Waals surface area (Å²) < 4.78 is 38.0. The maximum absolute atomic E-state index is 13.6. The number of hydrogen-bond acceptors (Lipinski definition) is 11. The van der Waals surface area contributed by atoms with Crippen molar-refractivity contribution in [1.29, 1.82) is 0 Å². The third-order valence-corrected chi connectivity index (χ3v) is 8.83. The predicted molar refractivity (Wildman–Crippen MR) is 134 cm³/mol. The summed E-state index contributed by atoms with van der Waals surface area (Å²) in [6.45, 7) is 4.52. The Kier molecular flexibility index (Phi) is 6.80. The van der Waals surface area contributed by atoms with Gasteiger partial charge in [0.2, 0.25) is 0 Å². The Balaban J connectivity index is 1.35. The van der Waals surface area contributed by atoms with Crippen LogP contribution in [0, 0.1) is 0 Å². The molecule has 0 radical (unpaired) electrons. The minimum Gasteiger partial charge on any atom is -0.387 e. The van der Waals surface area contributed by atoms with Crippen molar-refractivity contribution < 1.29 is 33.1 Å². The Morgan fingerprint density at radius 2 is 2.00 bits per heavy atom. The molecule has 3 aromatic rings. The molecule has 15 heteroatoms. The number of anilines is 1. The van der Waals surface area contributed by atoms with Crippen molar-refractivity contribution in [2.75, 3.05) is 12.3 Å². The van der Waals surface area contributed by atoms with Crippen LogP contribution in [0.3, 0.4) is 0 Å².